The fourth-order valence-electron chi connectivity index (χ4n) is 0.974. The summed E-state index contributed by atoms with van der Waals surface area (Å²) in [7, 11) is 0. The Labute approximate surface area is 107 Å². The van der Waals surface area contributed by atoms with Gasteiger partial charge in [0.2, 0.25) is 0 Å². The number of carbonyl (C=O) groups excluding carboxylic acids is 3. The van der Waals surface area contributed by atoms with Gasteiger partial charge in [0.1, 0.15) is 0 Å². The summed E-state index contributed by atoms with van der Waals surface area (Å²) in [5.74, 6) is -2.20. The molecule has 0 saturated heterocycles. The lowest BCUT2D eigenvalue weighted by Gasteiger charge is -2.17. The van der Waals surface area contributed by atoms with Gasteiger partial charge in [-0.3, -0.25) is 4.79 Å². The average molecular weight is 256 g/mol. The monoisotopic (exact) mass is 256 g/mol. The lowest BCUT2D eigenvalue weighted by molar-refractivity contribution is -0.172. The Bertz CT molecular complexity index is 362. The van der Waals surface area contributed by atoms with E-state index in [9.17, 15) is 14.4 Å². The number of hydrogen-bond donors (Lipinski definition) is 0. The summed E-state index contributed by atoms with van der Waals surface area (Å²) < 4.78 is 9.32. The minimum absolute atomic E-state index is 0.111. The highest BCUT2D eigenvalue weighted by Crippen LogP contribution is 2.19. The Balaban J connectivity index is 4.29. The number of hydrogen-bond acceptors (Lipinski definition) is 5. The molecule has 0 aromatic heterocycles. The lowest BCUT2D eigenvalue weighted by atomic mass is 9.92. The largest absolute Gasteiger partial charge is 0.447 e. The van der Waals surface area contributed by atoms with Gasteiger partial charge in [0.05, 0.1) is 6.42 Å². The van der Waals surface area contributed by atoms with Crippen LogP contribution in [0.15, 0.2) is 12.2 Å². The molecule has 0 rings (SSSR count). The first-order valence-corrected chi connectivity index (χ1v) is 5.64. The molecule has 5 nitrogen and oxygen atoms in total. The van der Waals surface area contributed by atoms with Gasteiger partial charge in [-0.25, -0.2) is 9.59 Å². The third-order valence-corrected chi connectivity index (χ3v) is 1.85. The van der Waals surface area contributed by atoms with Crippen LogP contribution in [-0.2, 0) is 23.9 Å². The van der Waals surface area contributed by atoms with E-state index in [1.807, 2.05) is 20.8 Å². The van der Waals surface area contributed by atoms with E-state index < -0.39 is 24.0 Å². The Kier molecular flexibility index (Phi) is 5.75. The Morgan fingerprint density at radius 2 is 1.72 bits per heavy atom. The molecule has 0 radical (unpaired) electrons. The van der Waals surface area contributed by atoms with Crippen LogP contribution >= 0.6 is 0 Å². The van der Waals surface area contributed by atoms with Gasteiger partial charge in [-0.15, -0.1) is 0 Å². The Morgan fingerprint density at radius 3 is 2.11 bits per heavy atom. The summed E-state index contributed by atoms with van der Waals surface area (Å²) in [6, 6.07) is 0. The zero-order chi connectivity index (χ0) is 14.5. The molecule has 1 atom stereocenters. The van der Waals surface area contributed by atoms with Crippen molar-refractivity contribution in [3.63, 3.8) is 0 Å². The van der Waals surface area contributed by atoms with Gasteiger partial charge in [0.25, 0.3) is 0 Å². The van der Waals surface area contributed by atoms with E-state index in [-0.39, 0.29) is 17.4 Å². The molecule has 102 valence electrons. The second-order valence-corrected chi connectivity index (χ2v) is 5.36. The first-order chi connectivity index (χ1) is 8.03. The Hall–Kier alpha value is -1.65. The first kappa shape index (κ1) is 16.4. The summed E-state index contributed by atoms with van der Waals surface area (Å²) in [5.41, 5.74) is -0.0923. The van der Waals surface area contributed by atoms with Crippen molar-refractivity contribution >= 4 is 17.9 Å². The van der Waals surface area contributed by atoms with Gasteiger partial charge >= 0.3 is 17.9 Å². The van der Waals surface area contributed by atoms with Gasteiger partial charge in [0, 0.05) is 5.57 Å². The van der Waals surface area contributed by atoms with Crippen molar-refractivity contribution in [2.75, 3.05) is 0 Å². The number of esters is 3. The lowest BCUT2D eigenvalue weighted by Crippen LogP contribution is -2.29. The molecule has 0 fully saturated rings. The molecule has 5 heteroatoms. The van der Waals surface area contributed by atoms with Crippen molar-refractivity contribution < 1.29 is 23.9 Å². The summed E-state index contributed by atoms with van der Waals surface area (Å²) >= 11 is 0. The zero-order valence-electron chi connectivity index (χ0n) is 11.5. The molecule has 0 N–H and O–H groups in total. The van der Waals surface area contributed by atoms with Crippen LogP contribution in [0.2, 0.25) is 0 Å². The van der Waals surface area contributed by atoms with Crippen LogP contribution in [0.4, 0.5) is 0 Å². The maximum atomic E-state index is 11.4. The minimum Gasteiger partial charge on any atom is -0.447 e. The maximum Gasteiger partial charge on any atom is 0.354 e. The predicted molar refractivity (Wildman–Crippen MR) is 65.5 cm³/mol. The molecule has 0 heterocycles. The molecule has 0 spiro atoms. The van der Waals surface area contributed by atoms with Gasteiger partial charge in [-0.2, -0.15) is 0 Å². The molecule has 0 aliphatic heterocycles. The van der Waals surface area contributed by atoms with Crippen molar-refractivity contribution in [2.24, 2.45) is 5.41 Å². The van der Waals surface area contributed by atoms with Crippen molar-refractivity contribution in [3.05, 3.63) is 12.2 Å². The van der Waals surface area contributed by atoms with Gasteiger partial charge in [-0.05, 0) is 19.3 Å². The van der Waals surface area contributed by atoms with Crippen molar-refractivity contribution in [1.82, 2.24) is 0 Å². The average Bonchev–Trinajstić information content (AvgIpc) is 2.13. The van der Waals surface area contributed by atoms with Crippen LogP contribution in [0.3, 0.4) is 0 Å². The SMILES string of the molecule is C=C(C)C(=O)OC(C)C(=O)OC(=O)CC(C)(C)C. The van der Waals surface area contributed by atoms with Gasteiger partial charge in [0.15, 0.2) is 6.10 Å². The molecule has 0 aromatic carbocycles. The highest BCUT2D eigenvalue weighted by molar-refractivity contribution is 5.92. The van der Waals surface area contributed by atoms with Crippen LogP contribution in [-0.4, -0.2) is 24.0 Å². The highest BCUT2D eigenvalue weighted by atomic mass is 16.6. The number of rotatable bonds is 4. The molecule has 0 aliphatic rings. The van der Waals surface area contributed by atoms with Gasteiger partial charge < -0.3 is 9.47 Å². The van der Waals surface area contributed by atoms with Crippen molar-refractivity contribution in [1.29, 1.82) is 0 Å². The van der Waals surface area contributed by atoms with Crippen LogP contribution < -0.4 is 0 Å². The standard InChI is InChI=1S/C13H20O5/c1-8(2)11(15)17-9(3)12(16)18-10(14)7-13(4,5)6/h9H,1,7H2,2-6H3. The summed E-state index contributed by atoms with van der Waals surface area (Å²) in [4.78, 5) is 34.0. The first-order valence-electron chi connectivity index (χ1n) is 5.64. The molecule has 0 amide bonds. The molecule has 0 aromatic rings. The number of ether oxygens (including phenoxy) is 2. The van der Waals surface area contributed by atoms with E-state index >= 15 is 0 Å². The van der Waals surface area contributed by atoms with Gasteiger partial charge in [-0.1, -0.05) is 27.4 Å². The molecule has 0 aliphatic carbocycles. The topological polar surface area (TPSA) is 69.7 Å². The second-order valence-electron chi connectivity index (χ2n) is 5.36. The highest BCUT2D eigenvalue weighted by Gasteiger charge is 2.25. The fourth-order valence-corrected chi connectivity index (χ4v) is 0.974. The van der Waals surface area contributed by atoms with E-state index in [1.165, 1.54) is 13.8 Å². The third kappa shape index (κ3) is 6.83. The molecular formula is C13H20O5. The van der Waals surface area contributed by atoms with E-state index in [4.69, 9.17) is 4.74 Å². The number of carbonyl (C=O) groups is 3. The molecule has 1 unspecified atom stereocenters. The van der Waals surface area contributed by atoms with Crippen LogP contribution in [0.25, 0.3) is 0 Å². The van der Waals surface area contributed by atoms with Crippen LogP contribution in [0, 0.1) is 5.41 Å². The summed E-state index contributed by atoms with van der Waals surface area (Å²) in [5, 5.41) is 0. The fraction of sp³-hybridized carbons (Fsp3) is 0.615. The van der Waals surface area contributed by atoms with Crippen LogP contribution in [0.1, 0.15) is 41.0 Å². The molecule has 0 saturated carbocycles. The molecule has 18 heavy (non-hydrogen) atoms. The quantitative estimate of drug-likeness (QED) is 0.437. The second kappa shape index (κ2) is 6.33. The summed E-state index contributed by atoms with van der Waals surface area (Å²) in [6.07, 6.45) is -1.02. The molecular weight excluding hydrogens is 236 g/mol. The van der Waals surface area contributed by atoms with E-state index in [0.29, 0.717) is 0 Å². The smallest absolute Gasteiger partial charge is 0.354 e. The predicted octanol–water partition coefficient (Wildman–Crippen LogP) is 2.00. The summed E-state index contributed by atoms with van der Waals surface area (Å²) in [6.45, 7) is 11.7. The third-order valence-electron chi connectivity index (χ3n) is 1.85. The van der Waals surface area contributed by atoms with E-state index in [2.05, 4.69) is 11.3 Å². The van der Waals surface area contributed by atoms with E-state index in [1.54, 1.807) is 0 Å². The van der Waals surface area contributed by atoms with E-state index in [0.717, 1.165) is 0 Å². The normalized spacial score (nSPS) is 12.5. The van der Waals surface area contributed by atoms with Crippen LogP contribution in [0.5, 0.6) is 0 Å². The van der Waals surface area contributed by atoms with Crippen molar-refractivity contribution in [2.45, 2.75) is 47.1 Å². The Morgan fingerprint density at radius 1 is 1.22 bits per heavy atom. The molecule has 0 bridgehead atoms. The maximum absolute atomic E-state index is 11.4. The van der Waals surface area contributed by atoms with Crippen molar-refractivity contribution in [3.8, 4) is 0 Å². The zero-order valence-corrected chi connectivity index (χ0v) is 11.5. The minimum atomic E-state index is -1.13.